The number of pyridine rings is 1. The Hall–Kier alpha value is -3.69. The molecule has 3 aromatic rings. The van der Waals surface area contributed by atoms with Gasteiger partial charge in [-0.05, 0) is 56.7 Å². The van der Waals surface area contributed by atoms with E-state index in [1.54, 1.807) is 23.2 Å². The second-order valence-electron chi connectivity index (χ2n) is 11.4. The molecular weight excluding hydrogens is 508 g/mol. The maximum atomic E-state index is 13.8. The molecule has 4 heterocycles. The van der Waals surface area contributed by atoms with E-state index in [0.29, 0.717) is 35.7 Å². The summed E-state index contributed by atoms with van der Waals surface area (Å²) >= 11 is 0. The number of rotatable bonds is 7. The summed E-state index contributed by atoms with van der Waals surface area (Å²) < 4.78 is 16.9. The molecule has 0 atom stereocenters. The lowest BCUT2D eigenvalue weighted by atomic mass is 9.83. The summed E-state index contributed by atoms with van der Waals surface area (Å²) in [5.41, 5.74) is 4.51. The first-order valence-corrected chi connectivity index (χ1v) is 13.9. The molecule has 0 aliphatic carbocycles. The Labute approximate surface area is 235 Å². The van der Waals surface area contributed by atoms with Gasteiger partial charge in [0.15, 0.2) is 0 Å². The summed E-state index contributed by atoms with van der Waals surface area (Å²) in [6.07, 6.45) is 3.13. The number of benzene rings is 1. The predicted molar refractivity (Wildman–Crippen MR) is 153 cm³/mol. The number of hydrogen-bond donors (Lipinski definition) is 1. The van der Waals surface area contributed by atoms with Gasteiger partial charge in [-0.15, -0.1) is 0 Å². The van der Waals surface area contributed by atoms with Crippen LogP contribution in [0.2, 0.25) is 0 Å². The smallest absolute Gasteiger partial charge is 0.342 e. The van der Waals surface area contributed by atoms with E-state index < -0.39 is 11.4 Å². The Kier molecular flexibility index (Phi) is 7.96. The number of aromatic amines is 1. The zero-order chi connectivity index (χ0) is 28.4. The molecule has 40 heavy (non-hydrogen) atoms. The highest BCUT2D eigenvalue weighted by molar-refractivity contribution is 6.18. The molecule has 0 bridgehead atoms. The lowest BCUT2D eigenvalue weighted by Gasteiger charge is -2.29. The van der Waals surface area contributed by atoms with E-state index >= 15 is 0 Å². The SMILES string of the molecule is Cc1cnc2c3c([nH]c2c1)C(C(=O)OC(C)C)=CN(C(=O)c1ccc(OCCN2CCOCC2)cc1)CC3(C)C. The number of carbonyl (C=O) groups excluding carboxylic acids is 2. The van der Waals surface area contributed by atoms with Crippen molar-refractivity contribution in [2.75, 3.05) is 46.0 Å². The zero-order valence-electron chi connectivity index (χ0n) is 24.0. The highest BCUT2D eigenvalue weighted by atomic mass is 16.5. The fourth-order valence-electron chi connectivity index (χ4n) is 5.35. The van der Waals surface area contributed by atoms with Gasteiger partial charge in [0.05, 0.1) is 41.6 Å². The first-order chi connectivity index (χ1) is 19.1. The van der Waals surface area contributed by atoms with E-state index in [4.69, 9.17) is 19.2 Å². The van der Waals surface area contributed by atoms with Gasteiger partial charge in [0.25, 0.3) is 5.91 Å². The van der Waals surface area contributed by atoms with E-state index in [0.717, 1.165) is 55.0 Å². The minimum atomic E-state index is -0.510. The van der Waals surface area contributed by atoms with Crippen LogP contribution in [0.1, 0.15) is 54.9 Å². The second kappa shape index (κ2) is 11.4. The van der Waals surface area contributed by atoms with Gasteiger partial charge >= 0.3 is 5.97 Å². The van der Waals surface area contributed by atoms with Gasteiger partial charge in [-0.25, -0.2) is 4.79 Å². The van der Waals surface area contributed by atoms with Crippen LogP contribution < -0.4 is 4.74 Å². The molecule has 9 heteroatoms. The Morgan fingerprint density at radius 2 is 1.88 bits per heavy atom. The van der Waals surface area contributed by atoms with Crippen LogP contribution >= 0.6 is 0 Å². The molecule has 0 unspecified atom stereocenters. The van der Waals surface area contributed by atoms with Crippen LogP contribution in [-0.4, -0.2) is 83.7 Å². The normalized spacial score (nSPS) is 17.4. The number of aromatic nitrogens is 2. The highest BCUT2D eigenvalue weighted by Crippen LogP contribution is 2.40. The average molecular weight is 547 g/mol. The topological polar surface area (TPSA) is 97.0 Å². The van der Waals surface area contributed by atoms with Gasteiger partial charge in [0, 0.05) is 55.1 Å². The third kappa shape index (κ3) is 5.90. The van der Waals surface area contributed by atoms with Crippen molar-refractivity contribution in [3.8, 4) is 5.75 Å². The van der Waals surface area contributed by atoms with Crippen molar-refractivity contribution in [2.45, 2.75) is 46.1 Å². The average Bonchev–Trinajstić information content (AvgIpc) is 3.25. The zero-order valence-corrected chi connectivity index (χ0v) is 24.0. The Morgan fingerprint density at radius 3 is 2.58 bits per heavy atom. The van der Waals surface area contributed by atoms with E-state index in [-0.39, 0.29) is 12.0 Å². The molecule has 1 fully saturated rings. The molecule has 0 spiro atoms. The Bertz CT molecular complexity index is 1420. The summed E-state index contributed by atoms with van der Waals surface area (Å²) in [7, 11) is 0. The van der Waals surface area contributed by atoms with Crippen LogP contribution in [0.4, 0.5) is 0 Å². The van der Waals surface area contributed by atoms with E-state index in [2.05, 4.69) is 23.7 Å². The number of ether oxygens (including phenoxy) is 3. The van der Waals surface area contributed by atoms with Crippen LogP contribution in [0, 0.1) is 6.92 Å². The summed E-state index contributed by atoms with van der Waals surface area (Å²) in [5.74, 6) is 0.0145. The number of nitrogens with one attached hydrogen (secondary N) is 1. The number of fused-ring (bicyclic) bond motifs is 3. The first-order valence-electron chi connectivity index (χ1n) is 13.9. The van der Waals surface area contributed by atoms with E-state index in [1.807, 2.05) is 45.2 Å². The number of esters is 1. The van der Waals surface area contributed by atoms with Crippen molar-refractivity contribution in [3.63, 3.8) is 0 Å². The summed E-state index contributed by atoms with van der Waals surface area (Å²) in [6.45, 7) is 14.8. The number of morpholine rings is 1. The molecule has 2 aliphatic heterocycles. The molecule has 212 valence electrons. The summed E-state index contributed by atoms with van der Waals surface area (Å²) in [4.78, 5) is 39.2. The molecule has 1 aromatic carbocycles. The highest BCUT2D eigenvalue weighted by Gasteiger charge is 2.38. The monoisotopic (exact) mass is 546 g/mol. The van der Waals surface area contributed by atoms with E-state index in [1.165, 1.54) is 0 Å². The van der Waals surface area contributed by atoms with Crippen LogP contribution in [0.15, 0.2) is 42.7 Å². The molecule has 2 aliphatic rings. The van der Waals surface area contributed by atoms with Gasteiger partial charge in [-0.1, -0.05) is 13.8 Å². The van der Waals surface area contributed by atoms with Crippen molar-refractivity contribution in [1.29, 1.82) is 0 Å². The van der Waals surface area contributed by atoms with Crippen LogP contribution in [0.3, 0.4) is 0 Å². The summed E-state index contributed by atoms with van der Waals surface area (Å²) in [6, 6.07) is 9.18. The molecule has 1 N–H and O–H groups in total. The number of aryl methyl sites for hydroxylation is 1. The van der Waals surface area contributed by atoms with Gasteiger partial charge in [0.1, 0.15) is 12.4 Å². The van der Waals surface area contributed by atoms with Crippen molar-refractivity contribution < 1.29 is 23.8 Å². The summed E-state index contributed by atoms with van der Waals surface area (Å²) in [5, 5.41) is 0. The third-order valence-corrected chi connectivity index (χ3v) is 7.27. The number of carbonyl (C=O) groups is 2. The standard InChI is InChI=1S/C31H38N4O5/c1-20(2)40-30(37)24-18-35(19-31(4,5)26-27(24)33-25-16-21(3)17-32-28(25)26)29(36)22-6-8-23(9-7-22)39-15-12-34-10-13-38-14-11-34/h6-9,16-18,20,33H,10-15,19H2,1-5H3. The van der Waals surface area contributed by atoms with Gasteiger partial charge in [-0.2, -0.15) is 0 Å². The van der Waals surface area contributed by atoms with Crippen LogP contribution in [0.5, 0.6) is 5.75 Å². The quantitative estimate of drug-likeness (QED) is 0.441. The van der Waals surface area contributed by atoms with Crippen molar-refractivity contribution in [1.82, 2.24) is 19.8 Å². The molecule has 0 saturated carbocycles. The molecule has 1 amide bonds. The fourth-order valence-corrected chi connectivity index (χ4v) is 5.35. The number of hydrogen-bond acceptors (Lipinski definition) is 7. The van der Waals surface area contributed by atoms with Crippen LogP contribution in [-0.2, 0) is 19.7 Å². The largest absolute Gasteiger partial charge is 0.492 e. The number of nitrogens with zero attached hydrogens (tertiary/aromatic N) is 3. The lowest BCUT2D eigenvalue weighted by molar-refractivity contribution is -0.140. The minimum absolute atomic E-state index is 0.207. The Balaban J connectivity index is 1.41. The second-order valence-corrected chi connectivity index (χ2v) is 11.4. The number of amides is 1. The maximum absolute atomic E-state index is 13.8. The van der Waals surface area contributed by atoms with Gasteiger partial charge in [0.2, 0.25) is 0 Å². The molecule has 0 radical (unpaired) electrons. The van der Waals surface area contributed by atoms with E-state index in [9.17, 15) is 9.59 Å². The molecule has 1 saturated heterocycles. The van der Waals surface area contributed by atoms with Crippen molar-refractivity contribution in [3.05, 3.63) is 65.1 Å². The van der Waals surface area contributed by atoms with Gasteiger partial charge < -0.3 is 24.1 Å². The fraction of sp³-hybridized carbons (Fsp3) is 0.452. The number of H-pyrrole nitrogens is 1. The lowest BCUT2D eigenvalue weighted by Crippen LogP contribution is -2.38. The molecule has 2 aromatic heterocycles. The molecule has 5 rings (SSSR count). The molecule has 9 nitrogen and oxygen atoms in total. The third-order valence-electron chi connectivity index (χ3n) is 7.27. The molecular formula is C31H38N4O5. The first kappa shape index (κ1) is 27.9. The predicted octanol–water partition coefficient (Wildman–Crippen LogP) is 4.31. The minimum Gasteiger partial charge on any atom is -0.492 e. The van der Waals surface area contributed by atoms with Crippen LogP contribution in [0.25, 0.3) is 16.6 Å². The maximum Gasteiger partial charge on any atom is 0.342 e. The van der Waals surface area contributed by atoms with Gasteiger partial charge in [-0.3, -0.25) is 14.7 Å². The Morgan fingerprint density at radius 1 is 1.15 bits per heavy atom. The van der Waals surface area contributed by atoms with Crippen molar-refractivity contribution in [2.24, 2.45) is 0 Å². The van der Waals surface area contributed by atoms with Crippen molar-refractivity contribution >= 4 is 28.5 Å².